The smallest absolute Gasteiger partial charge is 0.239 e. The lowest BCUT2D eigenvalue weighted by molar-refractivity contribution is -0.147. The standard InChI is InChI=1S/C17H17Cl2NO3/c1-15(2)16(3)4-5-17(15,13(22)12(16)21)14(23)20-11-7-9(18)6-10(19)8-11/h6-8H,4-5H2,1-3H3,(H,20,23). The minimum absolute atomic E-state index is 0.376. The summed E-state index contributed by atoms with van der Waals surface area (Å²) >= 11 is 11.9. The lowest BCUT2D eigenvalue weighted by atomic mass is 9.64. The summed E-state index contributed by atoms with van der Waals surface area (Å²) in [6.07, 6.45) is 0.912. The third-order valence-corrected chi connectivity index (χ3v) is 6.49. The first-order valence-electron chi connectivity index (χ1n) is 7.43. The highest BCUT2D eigenvalue weighted by molar-refractivity contribution is 6.49. The van der Waals surface area contributed by atoms with Gasteiger partial charge in [0.05, 0.1) is 0 Å². The first kappa shape index (κ1) is 16.5. The number of halogens is 2. The molecule has 1 N–H and O–H groups in total. The van der Waals surface area contributed by atoms with Crippen LogP contribution in [0.4, 0.5) is 5.69 Å². The van der Waals surface area contributed by atoms with Gasteiger partial charge in [0.2, 0.25) is 17.5 Å². The molecule has 2 unspecified atom stereocenters. The van der Waals surface area contributed by atoms with E-state index >= 15 is 0 Å². The maximum absolute atomic E-state index is 13.0. The molecule has 2 bridgehead atoms. The quantitative estimate of drug-likeness (QED) is 0.647. The summed E-state index contributed by atoms with van der Waals surface area (Å²) in [6, 6.07) is 4.67. The first-order chi connectivity index (χ1) is 10.6. The van der Waals surface area contributed by atoms with E-state index in [4.69, 9.17) is 23.2 Å². The number of rotatable bonds is 2. The summed E-state index contributed by atoms with van der Waals surface area (Å²) in [4.78, 5) is 38.0. The van der Waals surface area contributed by atoms with E-state index < -0.39 is 33.7 Å². The molecule has 1 aromatic carbocycles. The van der Waals surface area contributed by atoms with Crippen molar-refractivity contribution in [2.45, 2.75) is 33.6 Å². The molecule has 6 heteroatoms. The van der Waals surface area contributed by atoms with Crippen LogP contribution < -0.4 is 5.32 Å². The fourth-order valence-corrected chi connectivity index (χ4v) is 4.66. The number of nitrogens with one attached hydrogen (secondary N) is 1. The van der Waals surface area contributed by atoms with Crippen molar-refractivity contribution in [2.24, 2.45) is 16.2 Å². The Morgan fingerprint density at radius 3 is 2.04 bits per heavy atom. The van der Waals surface area contributed by atoms with E-state index in [2.05, 4.69) is 5.32 Å². The van der Waals surface area contributed by atoms with Crippen molar-refractivity contribution >= 4 is 46.4 Å². The molecule has 0 radical (unpaired) electrons. The Hall–Kier alpha value is -1.39. The number of ketones is 2. The topological polar surface area (TPSA) is 63.2 Å². The molecular formula is C17H17Cl2NO3. The van der Waals surface area contributed by atoms with Gasteiger partial charge >= 0.3 is 0 Å². The molecule has 0 aliphatic heterocycles. The van der Waals surface area contributed by atoms with E-state index in [0.717, 1.165) is 0 Å². The highest BCUT2D eigenvalue weighted by atomic mass is 35.5. The average Bonchev–Trinajstić information content (AvgIpc) is 2.70. The van der Waals surface area contributed by atoms with Crippen molar-refractivity contribution in [3.8, 4) is 0 Å². The number of fused-ring (bicyclic) bond motifs is 2. The number of carbonyl (C=O) groups is 3. The second kappa shape index (κ2) is 4.81. The fourth-order valence-electron chi connectivity index (χ4n) is 4.14. The zero-order valence-electron chi connectivity index (χ0n) is 13.1. The van der Waals surface area contributed by atoms with E-state index in [-0.39, 0.29) is 0 Å². The van der Waals surface area contributed by atoms with Crippen LogP contribution in [0, 0.1) is 16.2 Å². The number of carbonyl (C=O) groups excluding carboxylic acids is 3. The molecule has 0 saturated heterocycles. The summed E-state index contributed by atoms with van der Waals surface area (Å²) in [6.45, 7) is 5.44. The number of amides is 1. The van der Waals surface area contributed by atoms with Crippen LogP contribution in [0.3, 0.4) is 0 Å². The van der Waals surface area contributed by atoms with Crippen LogP contribution >= 0.6 is 23.2 Å². The zero-order chi connectivity index (χ0) is 17.2. The zero-order valence-corrected chi connectivity index (χ0v) is 14.6. The average molecular weight is 354 g/mol. The van der Waals surface area contributed by atoms with Gasteiger partial charge in [-0.3, -0.25) is 14.4 Å². The van der Waals surface area contributed by atoms with E-state index in [1.165, 1.54) is 0 Å². The van der Waals surface area contributed by atoms with Gasteiger partial charge in [0, 0.05) is 21.1 Å². The van der Waals surface area contributed by atoms with Crippen LogP contribution in [0.2, 0.25) is 10.0 Å². The minimum Gasteiger partial charge on any atom is -0.325 e. The van der Waals surface area contributed by atoms with Crippen LogP contribution in [0.1, 0.15) is 33.6 Å². The molecule has 122 valence electrons. The van der Waals surface area contributed by atoms with Crippen LogP contribution in [-0.2, 0) is 14.4 Å². The monoisotopic (exact) mass is 353 g/mol. The molecule has 23 heavy (non-hydrogen) atoms. The fraction of sp³-hybridized carbons (Fsp3) is 0.471. The third-order valence-electron chi connectivity index (χ3n) is 6.05. The number of hydrogen-bond acceptors (Lipinski definition) is 3. The van der Waals surface area contributed by atoms with Crippen molar-refractivity contribution in [1.82, 2.24) is 0 Å². The number of Topliss-reactive ketones (excluding diaryl/α,β-unsaturated/α-hetero) is 2. The van der Waals surface area contributed by atoms with Gasteiger partial charge in [0.15, 0.2) is 0 Å². The lowest BCUT2D eigenvalue weighted by Crippen LogP contribution is -2.47. The summed E-state index contributed by atoms with van der Waals surface area (Å²) < 4.78 is 0. The van der Waals surface area contributed by atoms with E-state index in [9.17, 15) is 14.4 Å². The number of hydrogen-bond donors (Lipinski definition) is 1. The largest absolute Gasteiger partial charge is 0.325 e. The molecule has 0 spiro atoms. The Balaban J connectivity index is 2.02. The summed E-state index contributed by atoms with van der Waals surface area (Å²) in [5.41, 5.74) is -2.43. The van der Waals surface area contributed by atoms with E-state index in [1.54, 1.807) is 25.1 Å². The second-order valence-corrected chi connectivity index (χ2v) is 8.01. The molecule has 2 fully saturated rings. The second-order valence-electron chi connectivity index (χ2n) is 7.13. The summed E-state index contributed by atoms with van der Waals surface area (Å²) in [5, 5.41) is 3.49. The number of anilines is 1. The van der Waals surface area contributed by atoms with Gasteiger partial charge in [-0.05, 0) is 36.5 Å². The van der Waals surface area contributed by atoms with Crippen molar-refractivity contribution < 1.29 is 14.4 Å². The molecular weight excluding hydrogens is 337 g/mol. The highest BCUT2D eigenvalue weighted by Gasteiger charge is 2.77. The van der Waals surface area contributed by atoms with Crippen LogP contribution in [-0.4, -0.2) is 17.5 Å². The van der Waals surface area contributed by atoms with Crippen LogP contribution in [0.15, 0.2) is 18.2 Å². The Bertz CT molecular complexity index is 738. The molecule has 2 aliphatic carbocycles. The van der Waals surface area contributed by atoms with E-state index in [0.29, 0.717) is 28.6 Å². The van der Waals surface area contributed by atoms with Gasteiger partial charge in [-0.1, -0.05) is 44.0 Å². The Morgan fingerprint density at radius 1 is 1.00 bits per heavy atom. The highest BCUT2D eigenvalue weighted by Crippen LogP contribution is 2.69. The number of benzene rings is 1. The summed E-state index contributed by atoms with van der Waals surface area (Å²) in [7, 11) is 0. The predicted molar refractivity (Wildman–Crippen MR) is 88.7 cm³/mol. The first-order valence-corrected chi connectivity index (χ1v) is 8.19. The molecule has 3 rings (SSSR count). The van der Waals surface area contributed by atoms with Gasteiger partial charge in [-0.15, -0.1) is 0 Å². The predicted octanol–water partition coefficient (Wildman–Crippen LogP) is 3.90. The maximum Gasteiger partial charge on any atom is 0.239 e. The van der Waals surface area contributed by atoms with Gasteiger partial charge in [0.25, 0.3) is 0 Å². The van der Waals surface area contributed by atoms with Gasteiger partial charge < -0.3 is 5.32 Å². The SMILES string of the molecule is CC12CCC(C(=O)Nc3cc(Cl)cc(Cl)c3)(C(=O)C1=O)C2(C)C. The van der Waals surface area contributed by atoms with E-state index in [1.807, 2.05) is 13.8 Å². The molecule has 0 heterocycles. The van der Waals surface area contributed by atoms with Crippen molar-refractivity contribution in [2.75, 3.05) is 5.32 Å². The van der Waals surface area contributed by atoms with Gasteiger partial charge in [-0.2, -0.15) is 0 Å². The van der Waals surface area contributed by atoms with Crippen molar-refractivity contribution in [1.29, 1.82) is 0 Å². The minimum atomic E-state index is -1.33. The molecule has 2 saturated carbocycles. The molecule has 0 aromatic heterocycles. The molecule has 4 nitrogen and oxygen atoms in total. The van der Waals surface area contributed by atoms with Crippen LogP contribution in [0.25, 0.3) is 0 Å². The van der Waals surface area contributed by atoms with Crippen LogP contribution in [0.5, 0.6) is 0 Å². The Labute approximate surface area is 144 Å². The lowest BCUT2D eigenvalue weighted by Gasteiger charge is -2.37. The molecule has 2 aliphatic rings. The Morgan fingerprint density at radius 2 is 1.57 bits per heavy atom. The van der Waals surface area contributed by atoms with Gasteiger partial charge in [0.1, 0.15) is 5.41 Å². The third kappa shape index (κ3) is 1.88. The normalized spacial score (nSPS) is 31.5. The Kier molecular flexibility index (Phi) is 3.44. The molecule has 1 amide bonds. The van der Waals surface area contributed by atoms with Crippen molar-refractivity contribution in [3.63, 3.8) is 0 Å². The van der Waals surface area contributed by atoms with Crippen molar-refractivity contribution in [3.05, 3.63) is 28.2 Å². The summed E-state index contributed by atoms with van der Waals surface area (Å²) in [5.74, 6) is -1.48. The molecule has 1 aromatic rings. The molecule has 2 atom stereocenters. The van der Waals surface area contributed by atoms with Gasteiger partial charge in [-0.25, -0.2) is 0 Å². The maximum atomic E-state index is 13.0.